The summed E-state index contributed by atoms with van der Waals surface area (Å²) in [5, 5.41) is 0. The maximum Gasteiger partial charge on any atom is 0.305 e. The molecule has 0 aromatic heterocycles. The minimum atomic E-state index is -0.365. The smallest absolute Gasteiger partial charge is 0.305 e. The lowest BCUT2D eigenvalue weighted by Gasteiger charge is -2.15. The highest BCUT2D eigenvalue weighted by Gasteiger charge is 2.41. The van der Waals surface area contributed by atoms with Crippen LogP contribution in [0.1, 0.15) is 25.7 Å². The molecule has 0 unspecified atom stereocenters. The van der Waals surface area contributed by atoms with Crippen LogP contribution in [0.15, 0.2) is 9.81 Å². The van der Waals surface area contributed by atoms with Crippen molar-refractivity contribution in [2.45, 2.75) is 25.7 Å². The second-order valence-electron chi connectivity index (χ2n) is 8.56. The Hall–Kier alpha value is -1.58. The number of thiocarbonyl (C=S) groups is 2. The van der Waals surface area contributed by atoms with Crippen molar-refractivity contribution in [2.24, 2.45) is 0 Å². The molecule has 0 radical (unpaired) electrons. The predicted octanol–water partition coefficient (Wildman–Crippen LogP) is 1.69. The van der Waals surface area contributed by atoms with Crippen LogP contribution in [-0.4, -0.2) is 120 Å². The molecule has 2 amide bonds. The first-order valence-electron chi connectivity index (χ1n) is 11.4. The van der Waals surface area contributed by atoms with Crippen LogP contribution in [0.5, 0.6) is 0 Å². The summed E-state index contributed by atoms with van der Waals surface area (Å²) in [5.74, 6) is -1.39. The van der Waals surface area contributed by atoms with Crippen LogP contribution in [0.2, 0.25) is 0 Å². The van der Waals surface area contributed by atoms with E-state index in [4.69, 9.17) is 33.9 Å². The fraction of sp³-hybridized carbons (Fsp3) is 0.636. The zero-order chi connectivity index (χ0) is 26.8. The maximum atomic E-state index is 13.0. The molecule has 2 saturated heterocycles. The van der Waals surface area contributed by atoms with E-state index in [9.17, 15) is 19.2 Å². The summed E-state index contributed by atoms with van der Waals surface area (Å²) in [7, 11) is 7.56. The molecule has 200 valence electrons. The number of amides is 2. The fourth-order valence-electron chi connectivity index (χ4n) is 3.05. The van der Waals surface area contributed by atoms with Gasteiger partial charge in [-0.05, 0) is 41.0 Å². The van der Waals surface area contributed by atoms with Crippen LogP contribution in [0.3, 0.4) is 0 Å². The summed E-state index contributed by atoms with van der Waals surface area (Å²) >= 11 is 12.8. The third-order valence-corrected chi connectivity index (χ3v) is 8.06. The number of likely N-dealkylation sites (N-methyl/N-ethyl adjacent to an activating group) is 2. The topological polar surface area (TPSA) is 99.7 Å². The minimum absolute atomic E-state index is 0.166. The number of thioether (sulfide) groups is 2. The molecule has 2 aliphatic rings. The molecule has 0 aromatic rings. The molecule has 2 rings (SSSR count). The first-order chi connectivity index (χ1) is 17.0. The van der Waals surface area contributed by atoms with Crippen molar-refractivity contribution in [3.05, 3.63) is 9.81 Å². The molecule has 0 bridgehead atoms. The quantitative estimate of drug-likeness (QED) is 0.171. The molecule has 2 heterocycles. The van der Waals surface area contributed by atoms with Crippen molar-refractivity contribution in [1.82, 2.24) is 19.6 Å². The molecule has 0 aromatic carbocycles. The number of esters is 2. The van der Waals surface area contributed by atoms with Gasteiger partial charge < -0.3 is 19.3 Å². The van der Waals surface area contributed by atoms with Crippen LogP contribution in [0, 0.1) is 0 Å². The van der Waals surface area contributed by atoms with Gasteiger partial charge in [0.25, 0.3) is 11.8 Å². The fourth-order valence-corrected chi connectivity index (χ4v) is 5.82. The van der Waals surface area contributed by atoms with E-state index in [-0.39, 0.29) is 59.5 Å². The molecule has 0 atom stereocenters. The SMILES string of the molecule is CN(C)CCOC(=O)CCCN1C(=O)C(=C2SC(=S)N(CCCC(=O)OCCN(C)C)C2=O)SC1=S. The molecule has 0 spiro atoms. The molecule has 0 aliphatic carbocycles. The molecule has 2 fully saturated rings. The number of carbonyl (C=O) groups excluding carboxylic acids is 4. The Kier molecular flexibility index (Phi) is 12.8. The summed E-state index contributed by atoms with van der Waals surface area (Å²) < 4.78 is 11.0. The van der Waals surface area contributed by atoms with E-state index in [1.165, 1.54) is 9.80 Å². The van der Waals surface area contributed by atoms with E-state index >= 15 is 0 Å². The van der Waals surface area contributed by atoms with Gasteiger partial charge in [-0.15, -0.1) is 0 Å². The highest BCUT2D eigenvalue weighted by Crippen LogP contribution is 2.42. The Labute approximate surface area is 231 Å². The first kappa shape index (κ1) is 30.6. The van der Waals surface area contributed by atoms with Gasteiger partial charge >= 0.3 is 11.9 Å². The van der Waals surface area contributed by atoms with Crippen LogP contribution >= 0.6 is 48.0 Å². The summed E-state index contributed by atoms with van der Waals surface area (Å²) in [5.41, 5.74) is 0. The van der Waals surface area contributed by atoms with Crippen molar-refractivity contribution in [3.8, 4) is 0 Å². The number of nitrogens with zero attached hydrogens (tertiary/aromatic N) is 4. The second kappa shape index (κ2) is 15.0. The van der Waals surface area contributed by atoms with E-state index < -0.39 is 0 Å². The van der Waals surface area contributed by atoms with E-state index in [2.05, 4.69) is 0 Å². The summed E-state index contributed by atoms with van der Waals surface area (Å²) in [6.45, 7) is 2.41. The van der Waals surface area contributed by atoms with Crippen molar-refractivity contribution in [1.29, 1.82) is 0 Å². The van der Waals surface area contributed by atoms with Crippen LogP contribution in [0.4, 0.5) is 0 Å². The molecule has 14 heteroatoms. The summed E-state index contributed by atoms with van der Waals surface area (Å²) in [6.07, 6.45) is 1.12. The molecule has 0 N–H and O–H groups in total. The molecule has 36 heavy (non-hydrogen) atoms. The minimum Gasteiger partial charge on any atom is -0.464 e. The van der Waals surface area contributed by atoms with Crippen molar-refractivity contribution >= 4 is 80.4 Å². The van der Waals surface area contributed by atoms with Crippen molar-refractivity contribution in [2.75, 3.05) is 67.6 Å². The number of hydrogen-bond acceptors (Lipinski definition) is 12. The van der Waals surface area contributed by atoms with Crippen molar-refractivity contribution in [3.63, 3.8) is 0 Å². The van der Waals surface area contributed by atoms with E-state index in [0.717, 1.165) is 23.5 Å². The molecule has 0 saturated carbocycles. The third kappa shape index (κ3) is 9.38. The average molecular weight is 577 g/mol. The van der Waals surface area contributed by atoms with Gasteiger partial charge in [0.2, 0.25) is 0 Å². The molecular formula is C22H32N4O6S4. The average Bonchev–Trinajstić information content (AvgIpc) is 3.22. The maximum absolute atomic E-state index is 13.0. The van der Waals surface area contributed by atoms with Gasteiger partial charge in [0.15, 0.2) is 0 Å². The molecule has 10 nitrogen and oxygen atoms in total. The Morgan fingerprint density at radius 2 is 1.11 bits per heavy atom. The lowest BCUT2D eigenvalue weighted by atomic mass is 10.3. The first-order valence-corrected chi connectivity index (χ1v) is 13.9. The number of ether oxygens (including phenoxy) is 2. The second-order valence-corrected chi connectivity index (χ2v) is 11.9. The van der Waals surface area contributed by atoms with Gasteiger partial charge in [-0.3, -0.25) is 29.0 Å². The standard InChI is InChI=1S/C22H32N4O6S4/c1-23(2)11-13-31-15(27)7-5-9-25-19(29)17(35-21(25)33)18-20(30)26(22(34)36-18)10-6-8-16(28)32-14-12-24(3)4/h5-14H2,1-4H3. The van der Waals surface area contributed by atoms with Crippen LogP contribution in [-0.2, 0) is 28.7 Å². The normalized spacial score (nSPS) is 18.3. The molecular weight excluding hydrogens is 545 g/mol. The highest BCUT2D eigenvalue weighted by molar-refractivity contribution is 8.29. The van der Waals surface area contributed by atoms with Gasteiger partial charge in [0.05, 0.1) is 9.81 Å². The van der Waals surface area contributed by atoms with Crippen LogP contribution < -0.4 is 0 Å². The number of hydrogen-bond donors (Lipinski definition) is 0. The van der Waals surface area contributed by atoms with E-state index in [1.807, 2.05) is 38.0 Å². The van der Waals surface area contributed by atoms with Gasteiger partial charge in [-0.25, -0.2) is 0 Å². The lowest BCUT2D eigenvalue weighted by molar-refractivity contribution is -0.145. The van der Waals surface area contributed by atoms with E-state index in [0.29, 0.717) is 47.8 Å². The monoisotopic (exact) mass is 576 g/mol. The summed E-state index contributed by atoms with van der Waals surface area (Å²) in [4.78, 5) is 56.8. The highest BCUT2D eigenvalue weighted by atomic mass is 32.2. The zero-order valence-electron chi connectivity index (χ0n) is 20.9. The Morgan fingerprint density at radius 3 is 1.44 bits per heavy atom. The number of carbonyl (C=O) groups is 4. The summed E-state index contributed by atoms with van der Waals surface area (Å²) in [6, 6.07) is 0. The largest absolute Gasteiger partial charge is 0.464 e. The Balaban J connectivity index is 1.85. The van der Waals surface area contributed by atoms with Gasteiger partial charge in [-0.1, -0.05) is 48.0 Å². The van der Waals surface area contributed by atoms with Crippen molar-refractivity contribution < 1.29 is 28.7 Å². The number of rotatable bonds is 14. The van der Waals surface area contributed by atoms with Gasteiger partial charge in [0, 0.05) is 39.0 Å². The van der Waals surface area contributed by atoms with E-state index in [1.54, 1.807) is 0 Å². The van der Waals surface area contributed by atoms with Crippen LogP contribution in [0.25, 0.3) is 0 Å². The molecule has 2 aliphatic heterocycles. The van der Waals surface area contributed by atoms with Gasteiger partial charge in [0.1, 0.15) is 21.9 Å². The predicted molar refractivity (Wildman–Crippen MR) is 148 cm³/mol. The lowest BCUT2D eigenvalue weighted by Crippen LogP contribution is -2.31. The zero-order valence-corrected chi connectivity index (χ0v) is 24.2. The Morgan fingerprint density at radius 1 is 0.750 bits per heavy atom. The Bertz CT molecular complexity index is 852. The van der Waals surface area contributed by atoms with Gasteiger partial charge in [-0.2, -0.15) is 0 Å². The third-order valence-electron chi connectivity index (χ3n) is 5.03.